The van der Waals surface area contributed by atoms with Gasteiger partial charge in [0.1, 0.15) is 5.82 Å². The lowest BCUT2D eigenvalue weighted by Gasteiger charge is -2.18. The van der Waals surface area contributed by atoms with E-state index in [9.17, 15) is 9.18 Å². The second-order valence-electron chi connectivity index (χ2n) is 4.04. The lowest BCUT2D eigenvalue weighted by Crippen LogP contribution is -2.24. The maximum atomic E-state index is 13.7. The minimum absolute atomic E-state index is 0.0521. The Labute approximate surface area is 93.3 Å². The van der Waals surface area contributed by atoms with Gasteiger partial charge in [-0.3, -0.25) is 4.79 Å². The summed E-state index contributed by atoms with van der Waals surface area (Å²) >= 11 is 0. The van der Waals surface area contributed by atoms with Crippen molar-refractivity contribution < 1.29 is 14.3 Å². The van der Waals surface area contributed by atoms with Gasteiger partial charge in [0.05, 0.1) is 0 Å². The third-order valence-corrected chi connectivity index (χ3v) is 2.85. The van der Waals surface area contributed by atoms with Gasteiger partial charge in [-0.1, -0.05) is 6.07 Å². The largest absolute Gasteiger partial charge is 0.481 e. The Balaban J connectivity index is 2.21. The lowest BCUT2D eigenvalue weighted by molar-refractivity contribution is -0.136. The van der Waals surface area contributed by atoms with Crippen molar-refractivity contribution in [2.24, 2.45) is 0 Å². The predicted octanol–water partition coefficient (Wildman–Crippen LogP) is 1.49. The Bertz CT molecular complexity index is 418. The van der Waals surface area contributed by atoms with Crippen LogP contribution in [0.4, 0.5) is 4.39 Å². The molecule has 2 rings (SSSR count). The van der Waals surface area contributed by atoms with Crippen molar-refractivity contribution >= 4 is 5.97 Å². The minimum Gasteiger partial charge on any atom is -0.481 e. The number of hydrogen-bond donors (Lipinski definition) is 2. The molecule has 4 heteroatoms. The summed E-state index contributed by atoms with van der Waals surface area (Å²) in [5.41, 5.74) is 2.52. The molecule has 1 aliphatic heterocycles. The van der Waals surface area contributed by atoms with E-state index in [1.54, 1.807) is 0 Å². The van der Waals surface area contributed by atoms with Crippen LogP contribution in [0.5, 0.6) is 0 Å². The molecule has 1 aromatic rings. The average Bonchev–Trinajstić information content (AvgIpc) is 2.26. The first-order chi connectivity index (χ1) is 7.66. The van der Waals surface area contributed by atoms with E-state index in [4.69, 9.17) is 5.11 Å². The summed E-state index contributed by atoms with van der Waals surface area (Å²) < 4.78 is 13.7. The maximum Gasteiger partial charge on any atom is 0.303 e. The Morgan fingerprint density at radius 2 is 2.31 bits per heavy atom. The van der Waals surface area contributed by atoms with Crippen LogP contribution >= 0.6 is 0 Å². The van der Waals surface area contributed by atoms with E-state index in [2.05, 4.69) is 5.32 Å². The number of carboxylic acid groups (broad SMARTS) is 1. The molecule has 0 unspecified atom stereocenters. The molecule has 0 amide bonds. The summed E-state index contributed by atoms with van der Waals surface area (Å²) in [4.78, 5) is 10.4. The molecule has 1 aliphatic rings. The molecular weight excluding hydrogens is 209 g/mol. The molecule has 0 aromatic heterocycles. The van der Waals surface area contributed by atoms with Crippen LogP contribution in [0.15, 0.2) is 12.1 Å². The van der Waals surface area contributed by atoms with Crippen LogP contribution in [-0.2, 0) is 24.2 Å². The first kappa shape index (κ1) is 11.1. The van der Waals surface area contributed by atoms with Crippen molar-refractivity contribution in [2.75, 3.05) is 6.54 Å². The molecule has 0 atom stereocenters. The third-order valence-electron chi connectivity index (χ3n) is 2.85. The number of rotatable bonds is 3. The van der Waals surface area contributed by atoms with Gasteiger partial charge in [-0.2, -0.15) is 0 Å². The molecule has 16 heavy (non-hydrogen) atoms. The lowest BCUT2D eigenvalue weighted by atomic mass is 9.96. The SMILES string of the molecule is O=C(O)CCc1cc(F)c2c(c1)CCNC2. The molecule has 0 saturated heterocycles. The van der Waals surface area contributed by atoms with Crippen LogP contribution in [0.3, 0.4) is 0 Å². The molecule has 86 valence electrons. The number of carbonyl (C=O) groups is 1. The number of carboxylic acids is 1. The number of nitrogens with one attached hydrogen (secondary N) is 1. The van der Waals surface area contributed by atoms with Gasteiger partial charge in [0.15, 0.2) is 0 Å². The standard InChI is InChI=1S/C12H14FNO2/c13-11-6-8(1-2-12(15)16)5-9-3-4-14-7-10(9)11/h5-6,14H,1-4,7H2,(H,15,16). The van der Waals surface area contributed by atoms with Gasteiger partial charge in [0.25, 0.3) is 0 Å². The normalized spacial score (nSPS) is 14.6. The Hall–Kier alpha value is -1.42. The van der Waals surface area contributed by atoms with Crippen molar-refractivity contribution in [1.82, 2.24) is 5.32 Å². The van der Waals surface area contributed by atoms with Gasteiger partial charge in [-0.05, 0) is 36.6 Å². The van der Waals surface area contributed by atoms with Crippen LogP contribution in [0.2, 0.25) is 0 Å². The number of benzene rings is 1. The van der Waals surface area contributed by atoms with E-state index < -0.39 is 5.97 Å². The highest BCUT2D eigenvalue weighted by atomic mass is 19.1. The zero-order chi connectivity index (χ0) is 11.5. The number of aliphatic carboxylic acids is 1. The predicted molar refractivity (Wildman–Crippen MR) is 57.8 cm³/mol. The molecule has 0 spiro atoms. The second kappa shape index (κ2) is 4.61. The number of fused-ring (bicyclic) bond motifs is 1. The first-order valence-electron chi connectivity index (χ1n) is 5.39. The van der Waals surface area contributed by atoms with Gasteiger partial charge >= 0.3 is 5.97 Å². The second-order valence-corrected chi connectivity index (χ2v) is 4.04. The third kappa shape index (κ3) is 2.39. The average molecular weight is 223 g/mol. The Morgan fingerprint density at radius 1 is 1.50 bits per heavy atom. The fourth-order valence-corrected chi connectivity index (χ4v) is 2.01. The molecule has 1 aromatic carbocycles. The van der Waals surface area contributed by atoms with E-state index in [1.807, 2.05) is 6.07 Å². The number of halogens is 1. The highest BCUT2D eigenvalue weighted by Gasteiger charge is 2.14. The summed E-state index contributed by atoms with van der Waals surface area (Å²) in [6, 6.07) is 3.39. The topological polar surface area (TPSA) is 49.3 Å². The fourth-order valence-electron chi connectivity index (χ4n) is 2.01. The molecule has 3 nitrogen and oxygen atoms in total. The van der Waals surface area contributed by atoms with Gasteiger partial charge in [0.2, 0.25) is 0 Å². The molecule has 0 saturated carbocycles. The Kier molecular flexibility index (Phi) is 3.19. The zero-order valence-electron chi connectivity index (χ0n) is 8.92. The van der Waals surface area contributed by atoms with Crippen molar-refractivity contribution in [3.63, 3.8) is 0 Å². The fraction of sp³-hybridized carbons (Fsp3) is 0.417. The maximum absolute atomic E-state index is 13.7. The molecule has 1 heterocycles. The summed E-state index contributed by atoms with van der Waals surface area (Å²) in [6.45, 7) is 1.43. The molecule has 2 N–H and O–H groups in total. The zero-order valence-corrected chi connectivity index (χ0v) is 8.92. The van der Waals surface area contributed by atoms with E-state index in [0.717, 1.165) is 29.7 Å². The van der Waals surface area contributed by atoms with E-state index in [1.165, 1.54) is 6.07 Å². The van der Waals surface area contributed by atoms with Crippen LogP contribution in [0.25, 0.3) is 0 Å². The highest BCUT2D eigenvalue weighted by molar-refractivity contribution is 5.67. The Morgan fingerprint density at radius 3 is 3.06 bits per heavy atom. The van der Waals surface area contributed by atoms with Crippen molar-refractivity contribution in [3.8, 4) is 0 Å². The van der Waals surface area contributed by atoms with Crippen LogP contribution in [-0.4, -0.2) is 17.6 Å². The van der Waals surface area contributed by atoms with Crippen LogP contribution in [0, 0.1) is 5.82 Å². The van der Waals surface area contributed by atoms with Crippen LogP contribution < -0.4 is 5.32 Å². The van der Waals surface area contributed by atoms with Crippen molar-refractivity contribution in [3.05, 3.63) is 34.6 Å². The molecule has 0 aliphatic carbocycles. The van der Waals surface area contributed by atoms with Crippen molar-refractivity contribution in [2.45, 2.75) is 25.8 Å². The summed E-state index contributed by atoms with van der Waals surface area (Å²) in [5, 5.41) is 11.7. The number of hydrogen-bond acceptors (Lipinski definition) is 2. The van der Waals surface area contributed by atoms with Gasteiger partial charge in [0, 0.05) is 18.5 Å². The highest BCUT2D eigenvalue weighted by Crippen LogP contribution is 2.20. The van der Waals surface area contributed by atoms with Gasteiger partial charge in [-0.25, -0.2) is 4.39 Å². The molecule has 0 radical (unpaired) electrons. The van der Waals surface area contributed by atoms with Crippen LogP contribution in [0.1, 0.15) is 23.1 Å². The van der Waals surface area contributed by atoms with Gasteiger partial charge < -0.3 is 10.4 Å². The molecular formula is C12H14FNO2. The van der Waals surface area contributed by atoms with Gasteiger partial charge in [-0.15, -0.1) is 0 Å². The number of aryl methyl sites for hydroxylation is 1. The molecule has 0 bridgehead atoms. The smallest absolute Gasteiger partial charge is 0.303 e. The monoisotopic (exact) mass is 223 g/mol. The summed E-state index contributed by atoms with van der Waals surface area (Å²) in [6.07, 6.45) is 1.26. The summed E-state index contributed by atoms with van der Waals surface area (Å²) in [7, 11) is 0. The van der Waals surface area contributed by atoms with E-state index >= 15 is 0 Å². The van der Waals surface area contributed by atoms with E-state index in [0.29, 0.717) is 13.0 Å². The van der Waals surface area contributed by atoms with E-state index in [-0.39, 0.29) is 12.2 Å². The van der Waals surface area contributed by atoms with Crippen molar-refractivity contribution in [1.29, 1.82) is 0 Å². The molecule has 0 fully saturated rings. The first-order valence-corrected chi connectivity index (χ1v) is 5.39. The quantitative estimate of drug-likeness (QED) is 0.816. The summed E-state index contributed by atoms with van der Waals surface area (Å²) in [5.74, 6) is -1.06. The minimum atomic E-state index is -0.847.